The van der Waals surface area contributed by atoms with Crippen LogP contribution in [0.1, 0.15) is 89.5 Å². The van der Waals surface area contributed by atoms with Crippen LogP contribution in [0, 0.1) is 0 Å². The minimum absolute atomic E-state index is 1.22. The number of aromatic nitrogens is 1. The smallest absolute Gasteiger partial charge is 0.0456 e. The summed E-state index contributed by atoms with van der Waals surface area (Å²) in [4.78, 5) is 3.38. The third-order valence-electron chi connectivity index (χ3n) is 4.97. The molecule has 1 aromatic heterocycles. The molecule has 1 heteroatoms. The van der Waals surface area contributed by atoms with Crippen LogP contribution in [0.4, 0.5) is 0 Å². The SMILES string of the molecule is CCCCCCCCCCCCCCc1c[nH]c2ccccc12. The number of unbranched alkanes of at least 4 members (excludes halogenated alkanes) is 11. The minimum Gasteiger partial charge on any atom is -0.361 e. The highest BCUT2D eigenvalue weighted by Crippen LogP contribution is 2.20. The predicted octanol–water partition coefficient (Wildman–Crippen LogP) is 7.41. The molecule has 0 bridgehead atoms. The lowest BCUT2D eigenvalue weighted by atomic mass is 10.0. The highest BCUT2D eigenvalue weighted by molar-refractivity contribution is 5.82. The van der Waals surface area contributed by atoms with Gasteiger partial charge in [0.25, 0.3) is 0 Å². The topological polar surface area (TPSA) is 15.8 Å². The van der Waals surface area contributed by atoms with Gasteiger partial charge in [-0.25, -0.2) is 0 Å². The largest absolute Gasteiger partial charge is 0.361 e. The van der Waals surface area contributed by atoms with E-state index >= 15 is 0 Å². The van der Waals surface area contributed by atoms with E-state index in [9.17, 15) is 0 Å². The molecular weight excluding hydrogens is 278 g/mol. The second-order valence-electron chi connectivity index (χ2n) is 7.00. The lowest BCUT2D eigenvalue weighted by Gasteiger charge is -2.03. The molecule has 1 aromatic carbocycles. The van der Waals surface area contributed by atoms with Gasteiger partial charge in [-0.15, -0.1) is 0 Å². The molecule has 23 heavy (non-hydrogen) atoms. The number of nitrogens with one attached hydrogen (secondary N) is 1. The van der Waals surface area contributed by atoms with Gasteiger partial charge < -0.3 is 4.98 Å². The quantitative estimate of drug-likeness (QED) is 0.370. The Morgan fingerprint density at radius 2 is 1.26 bits per heavy atom. The summed E-state index contributed by atoms with van der Waals surface area (Å²) in [5.74, 6) is 0. The number of para-hydroxylation sites is 1. The number of fused-ring (bicyclic) bond motifs is 1. The average molecular weight is 314 g/mol. The van der Waals surface area contributed by atoms with E-state index in [2.05, 4.69) is 42.4 Å². The molecule has 0 spiro atoms. The molecule has 0 fully saturated rings. The maximum atomic E-state index is 3.38. The van der Waals surface area contributed by atoms with E-state index in [4.69, 9.17) is 0 Å². The van der Waals surface area contributed by atoms with Crippen molar-refractivity contribution in [2.75, 3.05) is 0 Å². The Balaban J connectivity index is 1.44. The Morgan fingerprint density at radius 3 is 1.91 bits per heavy atom. The van der Waals surface area contributed by atoms with Crippen molar-refractivity contribution in [3.05, 3.63) is 36.0 Å². The second kappa shape index (κ2) is 11.3. The van der Waals surface area contributed by atoms with Crippen molar-refractivity contribution in [2.24, 2.45) is 0 Å². The van der Waals surface area contributed by atoms with Crippen LogP contribution in [0.5, 0.6) is 0 Å². The maximum absolute atomic E-state index is 3.38. The van der Waals surface area contributed by atoms with Gasteiger partial charge in [-0.2, -0.15) is 0 Å². The molecule has 1 N–H and O–H groups in total. The highest BCUT2D eigenvalue weighted by atomic mass is 14.7. The molecule has 0 amide bonds. The first-order chi connectivity index (χ1) is 11.4. The van der Waals surface area contributed by atoms with Crippen molar-refractivity contribution in [3.8, 4) is 0 Å². The maximum Gasteiger partial charge on any atom is 0.0456 e. The summed E-state index contributed by atoms with van der Waals surface area (Å²) in [7, 11) is 0. The van der Waals surface area contributed by atoms with Crippen molar-refractivity contribution >= 4 is 10.9 Å². The molecule has 0 aliphatic carbocycles. The fraction of sp³-hybridized carbons (Fsp3) is 0.636. The van der Waals surface area contributed by atoms with Crippen molar-refractivity contribution < 1.29 is 0 Å². The van der Waals surface area contributed by atoms with E-state index in [1.807, 2.05) is 0 Å². The number of rotatable bonds is 13. The zero-order chi connectivity index (χ0) is 16.2. The van der Waals surface area contributed by atoms with E-state index in [1.54, 1.807) is 0 Å². The lowest BCUT2D eigenvalue weighted by molar-refractivity contribution is 0.544. The molecule has 0 saturated carbocycles. The number of aromatic amines is 1. The van der Waals surface area contributed by atoms with Crippen LogP contribution in [0.25, 0.3) is 10.9 Å². The molecule has 0 saturated heterocycles. The van der Waals surface area contributed by atoms with Crippen LogP contribution < -0.4 is 0 Å². The van der Waals surface area contributed by atoms with Gasteiger partial charge in [0.2, 0.25) is 0 Å². The highest BCUT2D eigenvalue weighted by Gasteiger charge is 2.02. The van der Waals surface area contributed by atoms with Crippen LogP contribution in [0.3, 0.4) is 0 Å². The first-order valence-electron chi connectivity index (χ1n) is 9.97. The Kier molecular flexibility index (Phi) is 8.91. The molecule has 0 atom stereocenters. The third-order valence-corrected chi connectivity index (χ3v) is 4.97. The van der Waals surface area contributed by atoms with E-state index in [0.717, 1.165) is 0 Å². The Morgan fingerprint density at radius 1 is 0.696 bits per heavy atom. The van der Waals surface area contributed by atoms with Crippen LogP contribution >= 0.6 is 0 Å². The zero-order valence-electron chi connectivity index (χ0n) is 15.1. The normalized spacial score (nSPS) is 11.3. The molecular formula is C22H35N. The number of H-pyrrole nitrogens is 1. The van der Waals surface area contributed by atoms with Crippen molar-refractivity contribution in [1.29, 1.82) is 0 Å². The zero-order valence-corrected chi connectivity index (χ0v) is 15.1. The molecule has 0 unspecified atom stereocenters. The monoisotopic (exact) mass is 313 g/mol. The summed E-state index contributed by atoms with van der Waals surface area (Å²) in [6.45, 7) is 2.29. The predicted molar refractivity (Wildman–Crippen MR) is 103 cm³/mol. The van der Waals surface area contributed by atoms with Crippen LogP contribution in [-0.2, 0) is 6.42 Å². The molecule has 2 rings (SSSR count). The Labute approximate surface area is 142 Å². The van der Waals surface area contributed by atoms with Gasteiger partial charge in [0, 0.05) is 17.1 Å². The van der Waals surface area contributed by atoms with Gasteiger partial charge in [0.05, 0.1) is 0 Å². The molecule has 0 aliphatic heterocycles. The fourth-order valence-electron chi connectivity index (χ4n) is 3.49. The number of hydrogen-bond donors (Lipinski definition) is 1. The van der Waals surface area contributed by atoms with E-state index < -0.39 is 0 Å². The van der Waals surface area contributed by atoms with Crippen molar-refractivity contribution in [1.82, 2.24) is 4.98 Å². The minimum atomic E-state index is 1.22. The molecule has 2 aromatic rings. The summed E-state index contributed by atoms with van der Waals surface area (Å²) < 4.78 is 0. The third kappa shape index (κ3) is 6.81. The summed E-state index contributed by atoms with van der Waals surface area (Å²) >= 11 is 0. The average Bonchev–Trinajstić information content (AvgIpc) is 2.99. The van der Waals surface area contributed by atoms with Gasteiger partial charge in [0.15, 0.2) is 0 Å². The Bertz CT molecular complexity index is 526. The van der Waals surface area contributed by atoms with Crippen LogP contribution in [0.15, 0.2) is 30.5 Å². The van der Waals surface area contributed by atoms with Crippen LogP contribution in [-0.4, -0.2) is 4.98 Å². The molecule has 1 heterocycles. The van der Waals surface area contributed by atoms with Gasteiger partial charge in [-0.3, -0.25) is 0 Å². The summed E-state index contributed by atoms with van der Waals surface area (Å²) in [6, 6.07) is 8.65. The van der Waals surface area contributed by atoms with E-state index in [1.165, 1.54) is 99.9 Å². The molecule has 1 nitrogen and oxygen atoms in total. The number of benzene rings is 1. The van der Waals surface area contributed by atoms with E-state index in [-0.39, 0.29) is 0 Å². The lowest BCUT2D eigenvalue weighted by Crippen LogP contribution is -1.85. The first kappa shape index (κ1) is 18.1. The summed E-state index contributed by atoms with van der Waals surface area (Å²) in [5, 5.41) is 1.41. The molecule has 0 aliphatic rings. The van der Waals surface area contributed by atoms with Crippen molar-refractivity contribution in [2.45, 2.75) is 90.4 Å². The van der Waals surface area contributed by atoms with Gasteiger partial charge in [0.1, 0.15) is 0 Å². The standard InChI is InChI=1S/C22H35N/c1-2-3-4-5-6-7-8-9-10-11-12-13-16-20-19-23-22-18-15-14-17-21(20)22/h14-15,17-19,23H,2-13,16H2,1H3. The second-order valence-corrected chi connectivity index (χ2v) is 7.00. The first-order valence-corrected chi connectivity index (χ1v) is 9.97. The number of aryl methyl sites for hydroxylation is 1. The number of hydrogen-bond acceptors (Lipinski definition) is 0. The Hall–Kier alpha value is -1.24. The van der Waals surface area contributed by atoms with Gasteiger partial charge in [-0.05, 0) is 24.5 Å². The van der Waals surface area contributed by atoms with Crippen molar-refractivity contribution in [3.63, 3.8) is 0 Å². The molecule has 0 radical (unpaired) electrons. The molecule has 128 valence electrons. The summed E-state index contributed by atoms with van der Waals surface area (Å²) in [6.07, 6.45) is 20.5. The van der Waals surface area contributed by atoms with Gasteiger partial charge in [-0.1, -0.05) is 95.8 Å². The fourth-order valence-corrected chi connectivity index (χ4v) is 3.49. The van der Waals surface area contributed by atoms with Gasteiger partial charge >= 0.3 is 0 Å². The van der Waals surface area contributed by atoms with E-state index in [0.29, 0.717) is 0 Å². The summed E-state index contributed by atoms with van der Waals surface area (Å²) in [5.41, 5.74) is 2.77. The van der Waals surface area contributed by atoms with Crippen LogP contribution in [0.2, 0.25) is 0 Å².